The number of carbonyl (C=O) groups is 1. The van der Waals surface area contributed by atoms with E-state index >= 15 is 0 Å². The van der Waals surface area contributed by atoms with Crippen molar-refractivity contribution in [3.05, 3.63) is 119 Å². The molecule has 1 aliphatic heterocycles. The molecule has 3 heterocycles. The van der Waals surface area contributed by atoms with E-state index in [2.05, 4.69) is 4.99 Å². The van der Waals surface area contributed by atoms with Crippen LogP contribution in [0, 0.1) is 15.9 Å². The van der Waals surface area contributed by atoms with Crippen LogP contribution in [-0.4, -0.2) is 22.1 Å². The lowest BCUT2D eigenvalue weighted by molar-refractivity contribution is -0.384. The van der Waals surface area contributed by atoms with Crippen LogP contribution in [0.25, 0.3) is 17.4 Å². The first kappa shape index (κ1) is 25.0. The maximum absolute atomic E-state index is 13.7. The van der Waals surface area contributed by atoms with Gasteiger partial charge in [0.1, 0.15) is 17.3 Å². The Balaban J connectivity index is 1.61. The Morgan fingerprint density at radius 3 is 2.71 bits per heavy atom. The summed E-state index contributed by atoms with van der Waals surface area (Å²) in [5.41, 5.74) is 1.17. The first-order chi connectivity index (χ1) is 18.3. The highest BCUT2D eigenvalue weighted by Gasteiger charge is 2.33. The lowest BCUT2D eigenvalue weighted by Crippen LogP contribution is -2.39. The molecular weight excluding hydrogens is 513 g/mol. The van der Waals surface area contributed by atoms with E-state index in [4.69, 9.17) is 9.15 Å². The molecule has 38 heavy (non-hydrogen) atoms. The van der Waals surface area contributed by atoms with Crippen molar-refractivity contribution < 1.29 is 23.3 Å². The van der Waals surface area contributed by atoms with Gasteiger partial charge in [-0.3, -0.25) is 19.5 Å². The molecule has 0 aliphatic carbocycles. The average molecular weight is 534 g/mol. The van der Waals surface area contributed by atoms with Crippen molar-refractivity contribution in [2.75, 3.05) is 6.61 Å². The number of esters is 1. The first-order valence-electron chi connectivity index (χ1n) is 11.6. The second-order valence-electron chi connectivity index (χ2n) is 8.36. The Morgan fingerprint density at radius 1 is 1.24 bits per heavy atom. The van der Waals surface area contributed by atoms with Crippen LogP contribution < -0.4 is 14.9 Å². The zero-order valence-corrected chi connectivity index (χ0v) is 21.0. The van der Waals surface area contributed by atoms with Gasteiger partial charge in [0.15, 0.2) is 4.80 Å². The summed E-state index contributed by atoms with van der Waals surface area (Å²) in [6.07, 6.45) is 1.55. The van der Waals surface area contributed by atoms with Gasteiger partial charge >= 0.3 is 5.97 Å². The second-order valence-corrected chi connectivity index (χ2v) is 9.37. The average Bonchev–Trinajstić information content (AvgIpc) is 3.48. The fourth-order valence-electron chi connectivity index (χ4n) is 4.24. The van der Waals surface area contributed by atoms with Gasteiger partial charge in [-0.05, 0) is 43.7 Å². The molecule has 11 heteroatoms. The Bertz CT molecular complexity index is 1780. The minimum absolute atomic E-state index is 0.0673. The van der Waals surface area contributed by atoms with Gasteiger partial charge < -0.3 is 9.15 Å². The van der Waals surface area contributed by atoms with Crippen LogP contribution in [0.2, 0.25) is 0 Å². The standard InChI is InChI=1S/C27H20FN3O6S/c1-3-36-26(33)23-15(2)29-27-30(24(23)16-7-9-18(28)10-8-16)25(32)22(38-27)14-20-11-12-21(37-20)17-5-4-6-19(13-17)31(34)35/h4-14,24H,3H2,1-2H3/b22-14-/t24-/m0/s1. The van der Waals surface area contributed by atoms with Gasteiger partial charge in [-0.2, -0.15) is 0 Å². The van der Waals surface area contributed by atoms with Crippen LogP contribution >= 0.6 is 11.3 Å². The van der Waals surface area contributed by atoms with E-state index in [1.165, 1.54) is 41.0 Å². The van der Waals surface area contributed by atoms with Gasteiger partial charge in [-0.25, -0.2) is 14.2 Å². The Morgan fingerprint density at radius 2 is 2.00 bits per heavy atom. The fraction of sp³-hybridized carbons (Fsp3) is 0.148. The van der Waals surface area contributed by atoms with E-state index in [1.807, 2.05) is 0 Å². The monoisotopic (exact) mass is 533 g/mol. The predicted molar refractivity (Wildman–Crippen MR) is 138 cm³/mol. The highest BCUT2D eigenvalue weighted by molar-refractivity contribution is 7.07. The van der Waals surface area contributed by atoms with Crippen LogP contribution in [0.15, 0.2) is 86.1 Å². The van der Waals surface area contributed by atoms with Crippen molar-refractivity contribution >= 4 is 29.1 Å². The summed E-state index contributed by atoms with van der Waals surface area (Å²) >= 11 is 1.12. The predicted octanol–water partition coefficient (Wildman–Crippen LogP) is 4.11. The van der Waals surface area contributed by atoms with Crippen molar-refractivity contribution in [1.29, 1.82) is 0 Å². The fourth-order valence-corrected chi connectivity index (χ4v) is 5.27. The molecule has 4 aromatic rings. The largest absolute Gasteiger partial charge is 0.463 e. The van der Waals surface area contributed by atoms with Gasteiger partial charge in [-0.15, -0.1) is 0 Å². The Hall–Kier alpha value is -4.64. The molecule has 0 bridgehead atoms. The molecular formula is C27H20FN3O6S. The minimum Gasteiger partial charge on any atom is -0.463 e. The van der Waals surface area contributed by atoms with Crippen LogP contribution in [0.5, 0.6) is 0 Å². The number of hydrogen-bond donors (Lipinski definition) is 0. The van der Waals surface area contributed by atoms with Crippen LogP contribution in [-0.2, 0) is 9.53 Å². The van der Waals surface area contributed by atoms with E-state index in [0.29, 0.717) is 37.7 Å². The van der Waals surface area contributed by atoms with Crippen molar-refractivity contribution in [2.45, 2.75) is 19.9 Å². The molecule has 2 aromatic heterocycles. The van der Waals surface area contributed by atoms with E-state index < -0.39 is 28.3 Å². The molecule has 0 saturated carbocycles. The quantitative estimate of drug-likeness (QED) is 0.209. The zero-order chi connectivity index (χ0) is 27.0. The number of nitro groups is 1. The molecule has 5 rings (SSSR count). The third-order valence-corrected chi connectivity index (χ3v) is 6.93. The minimum atomic E-state index is -0.856. The number of rotatable bonds is 6. The molecule has 0 unspecified atom stereocenters. The van der Waals surface area contributed by atoms with Crippen LogP contribution in [0.1, 0.15) is 31.2 Å². The first-order valence-corrected chi connectivity index (χ1v) is 12.4. The number of ether oxygens (including phenoxy) is 1. The van der Waals surface area contributed by atoms with Gasteiger partial charge in [0.25, 0.3) is 11.2 Å². The van der Waals surface area contributed by atoms with E-state index in [1.54, 1.807) is 44.2 Å². The molecule has 0 radical (unpaired) electrons. The highest BCUT2D eigenvalue weighted by Crippen LogP contribution is 2.31. The third-order valence-electron chi connectivity index (χ3n) is 5.94. The van der Waals surface area contributed by atoms with Crippen LogP contribution in [0.3, 0.4) is 0 Å². The SMILES string of the molecule is CCOC(=O)C1=C(C)N=c2s/c(=C\c3ccc(-c4cccc([N+](=O)[O-])c4)o3)c(=O)n2[C@H]1c1ccc(F)cc1. The number of nitrogens with zero attached hydrogens (tertiary/aromatic N) is 3. The maximum atomic E-state index is 13.7. The van der Waals surface area contributed by atoms with Crippen molar-refractivity contribution in [3.63, 3.8) is 0 Å². The number of halogens is 1. The number of carbonyl (C=O) groups excluding carboxylic acids is 1. The number of furan rings is 1. The lowest BCUT2D eigenvalue weighted by atomic mass is 9.96. The summed E-state index contributed by atoms with van der Waals surface area (Å²) in [6.45, 7) is 3.49. The second kappa shape index (κ2) is 10.0. The van der Waals surface area contributed by atoms with Gasteiger partial charge in [0, 0.05) is 23.8 Å². The number of thiazole rings is 1. The van der Waals surface area contributed by atoms with E-state index in [9.17, 15) is 24.1 Å². The van der Waals surface area contributed by atoms with Crippen LogP contribution in [0.4, 0.5) is 10.1 Å². The highest BCUT2D eigenvalue weighted by atomic mass is 32.1. The maximum Gasteiger partial charge on any atom is 0.338 e. The summed E-state index contributed by atoms with van der Waals surface area (Å²) in [7, 11) is 0. The normalized spacial score (nSPS) is 15.2. The number of aromatic nitrogens is 1. The molecule has 0 N–H and O–H groups in total. The molecule has 0 amide bonds. The Kier molecular flexibility index (Phi) is 6.60. The van der Waals surface area contributed by atoms with E-state index in [-0.39, 0.29) is 17.9 Å². The third kappa shape index (κ3) is 4.59. The zero-order valence-electron chi connectivity index (χ0n) is 20.2. The summed E-state index contributed by atoms with van der Waals surface area (Å²) in [5.74, 6) is -0.296. The molecule has 1 atom stereocenters. The van der Waals surface area contributed by atoms with Gasteiger partial charge in [0.05, 0.1) is 33.4 Å². The van der Waals surface area contributed by atoms with Gasteiger partial charge in [0.2, 0.25) is 0 Å². The van der Waals surface area contributed by atoms with Crippen molar-refractivity contribution in [1.82, 2.24) is 4.57 Å². The number of benzene rings is 2. The summed E-state index contributed by atoms with van der Waals surface area (Å²) < 4.78 is 26.5. The number of non-ortho nitro benzene ring substituents is 1. The topological polar surface area (TPSA) is 117 Å². The van der Waals surface area contributed by atoms with Gasteiger partial charge in [-0.1, -0.05) is 35.6 Å². The summed E-state index contributed by atoms with van der Waals surface area (Å²) in [6, 6.07) is 14.1. The molecule has 192 valence electrons. The molecule has 0 spiro atoms. The number of hydrogen-bond acceptors (Lipinski definition) is 8. The molecule has 9 nitrogen and oxygen atoms in total. The van der Waals surface area contributed by atoms with Crippen molar-refractivity contribution in [2.24, 2.45) is 4.99 Å². The van der Waals surface area contributed by atoms with E-state index in [0.717, 1.165) is 11.3 Å². The molecule has 0 saturated heterocycles. The summed E-state index contributed by atoms with van der Waals surface area (Å²) in [5, 5.41) is 11.1. The number of allylic oxidation sites excluding steroid dienone is 1. The Labute approximate surface area is 218 Å². The number of nitro benzene ring substituents is 1. The van der Waals surface area contributed by atoms with Crippen molar-refractivity contribution in [3.8, 4) is 11.3 Å². The smallest absolute Gasteiger partial charge is 0.338 e. The molecule has 2 aromatic carbocycles. The molecule has 1 aliphatic rings. The molecule has 0 fully saturated rings. The number of fused-ring (bicyclic) bond motifs is 1. The lowest BCUT2D eigenvalue weighted by Gasteiger charge is -2.24. The summed E-state index contributed by atoms with van der Waals surface area (Å²) in [4.78, 5) is 42.0.